The molecule has 2 aromatic carbocycles. The van der Waals surface area contributed by atoms with Crippen LogP contribution in [0.4, 0.5) is 5.69 Å². The molecule has 5 nitrogen and oxygen atoms in total. The molecule has 0 radical (unpaired) electrons. The highest BCUT2D eigenvalue weighted by molar-refractivity contribution is 5.95. The number of nitrogens with one attached hydrogen (secondary N) is 1. The van der Waals surface area contributed by atoms with Gasteiger partial charge in [0.25, 0.3) is 11.8 Å². The molecule has 0 bridgehead atoms. The van der Waals surface area contributed by atoms with Crippen molar-refractivity contribution in [1.82, 2.24) is 5.32 Å². The van der Waals surface area contributed by atoms with E-state index in [1.54, 1.807) is 17.0 Å². The van der Waals surface area contributed by atoms with Crippen LogP contribution in [0.1, 0.15) is 21.5 Å². The molecule has 1 heterocycles. The lowest BCUT2D eigenvalue weighted by molar-refractivity contribution is -0.129. The first-order valence-electron chi connectivity index (χ1n) is 8.37. The summed E-state index contributed by atoms with van der Waals surface area (Å²) in [6, 6.07) is 15.0. The van der Waals surface area contributed by atoms with Crippen molar-refractivity contribution in [2.45, 2.75) is 20.0 Å². The summed E-state index contributed by atoms with van der Waals surface area (Å²) in [6.45, 7) is 4.89. The van der Waals surface area contributed by atoms with E-state index in [1.807, 2.05) is 50.2 Å². The number of anilines is 1. The summed E-state index contributed by atoms with van der Waals surface area (Å²) in [4.78, 5) is 26.1. The highest BCUT2D eigenvalue weighted by Crippen LogP contribution is 2.21. The van der Waals surface area contributed by atoms with Crippen molar-refractivity contribution < 1.29 is 14.3 Å². The first kappa shape index (κ1) is 17.2. The van der Waals surface area contributed by atoms with Crippen molar-refractivity contribution in [3.63, 3.8) is 0 Å². The fourth-order valence-corrected chi connectivity index (χ4v) is 2.79. The van der Waals surface area contributed by atoms with E-state index in [1.165, 1.54) is 5.56 Å². The van der Waals surface area contributed by atoms with Gasteiger partial charge in [-0.25, -0.2) is 0 Å². The first-order chi connectivity index (χ1) is 12.0. The molecular formula is C20H22N2O3. The van der Waals surface area contributed by atoms with E-state index in [-0.39, 0.29) is 24.5 Å². The third kappa shape index (κ3) is 4.06. The second-order valence-electron chi connectivity index (χ2n) is 6.28. The van der Waals surface area contributed by atoms with Crippen molar-refractivity contribution >= 4 is 17.5 Å². The molecule has 2 aromatic rings. The fraction of sp³-hybridized carbons (Fsp3) is 0.300. The Morgan fingerprint density at radius 2 is 1.92 bits per heavy atom. The van der Waals surface area contributed by atoms with Gasteiger partial charge in [0.2, 0.25) is 0 Å². The lowest BCUT2D eigenvalue weighted by Crippen LogP contribution is -2.50. The van der Waals surface area contributed by atoms with Gasteiger partial charge in [0.15, 0.2) is 0 Å². The quantitative estimate of drug-likeness (QED) is 0.932. The summed E-state index contributed by atoms with van der Waals surface area (Å²) in [5, 5.41) is 2.87. The van der Waals surface area contributed by atoms with E-state index < -0.39 is 0 Å². The fourth-order valence-electron chi connectivity index (χ4n) is 2.79. The van der Waals surface area contributed by atoms with Crippen molar-refractivity contribution in [3.8, 4) is 0 Å². The number of carbonyl (C=O) groups excluding carboxylic acids is 2. The van der Waals surface area contributed by atoms with Gasteiger partial charge in [0, 0.05) is 17.8 Å². The molecule has 1 unspecified atom stereocenters. The SMILES string of the molecule is Cc1ccc(N2CC(CNC(=O)c3ccccc3)OCC2=O)cc1C. The summed E-state index contributed by atoms with van der Waals surface area (Å²) in [6.07, 6.45) is -0.230. The van der Waals surface area contributed by atoms with Gasteiger partial charge in [-0.1, -0.05) is 24.3 Å². The molecule has 0 saturated carbocycles. The molecule has 1 aliphatic heterocycles. The zero-order valence-electron chi connectivity index (χ0n) is 14.5. The molecule has 1 fully saturated rings. The number of hydrogen-bond donors (Lipinski definition) is 1. The van der Waals surface area contributed by atoms with Gasteiger partial charge in [-0.15, -0.1) is 0 Å². The summed E-state index contributed by atoms with van der Waals surface area (Å²) < 4.78 is 5.58. The zero-order valence-corrected chi connectivity index (χ0v) is 14.5. The first-order valence-corrected chi connectivity index (χ1v) is 8.37. The number of nitrogens with zero attached hydrogens (tertiary/aromatic N) is 1. The molecule has 3 rings (SSSR count). The maximum atomic E-state index is 12.2. The number of amides is 2. The van der Waals surface area contributed by atoms with Crippen molar-refractivity contribution in [2.75, 3.05) is 24.6 Å². The van der Waals surface area contributed by atoms with E-state index in [0.717, 1.165) is 11.3 Å². The third-order valence-corrected chi connectivity index (χ3v) is 4.46. The Kier molecular flexibility index (Phi) is 5.14. The minimum atomic E-state index is -0.230. The maximum absolute atomic E-state index is 12.2. The predicted octanol–water partition coefficient (Wildman–Crippen LogP) is 2.47. The molecule has 0 spiro atoms. The topological polar surface area (TPSA) is 58.6 Å². The Bertz CT molecular complexity index is 774. The van der Waals surface area contributed by atoms with Crippen LogP contribution in [0.5, 0.6) is 0 Å². The third-order valence-electron chi connectivity index (χ3n) is 4.46. The zero-order chi connectivity index (χ0) is 17.8. The Hall–Kier alpha value is -2.66. The molecule has 25 heavy (non-hydrogen) atoms. The lowest BCUT2D eigenvalue weighted by Gasteiger charge is -2.33. The van der Waals surface area contributed by atoms with Crippen molar-refractivity contribution in [2.24, 2.45) is 0 Å². The molecule has 130 valence electrons. The van der Waals surface area contributed by atoms with Crippen LogP contribution in [0.25, 0.3) is 0 Å². The molecule has 5 heteroatoms. The van der Waals surface area contributed by atoms with Crippen LogP contribution in [0.3, 0.4) is 0 Å². The Morgan fingerprint density at radius 1 is 1.16 bits per heavy atom. The summed E-state index contributed by atoms with van der Waals surface area (Å²) in [5.74, 6) is -0.201. The summed E-state index contributed by atoms with van der Waals surface area (Å²) in [5.41, 5.74) is 3.82. The number of aryl methyl sites for hydroxylation is 2. The number of ether oxygens (including phenoxy) is 1. The second-order valence-corrected chi connectivity index (χ2v) is 6.28. The molecule has 0 aromatic heterocycles. The van der Waals surface area contributed by atoms with Gasteiger partial charge in [0.1, 0.15) is 6.61 Å². The Morgan fingerprint density at radius 3 is 2.64 bits per heavy atom. The van der Waals surface area contributed by atoms with Crippen LogP contribution >= 0.6 is 0 Å². The minimum absolute atomic E-state index is 0.0266. The average Bonchev–Trinajstić information content (AvgIpc) is 2.64. The molecule has 1 atom stereocenters. The lowest BCUT2D eigenvalue weighted by atomic mass is 10.1. The van der Waals surface area contributed by atoms with E-state index in [2.05, 4.69) is 5.32 Å². The van der Waals surface area contributed by atoms with E-state index in [0.29, 0.717) is 18.7 Å². The van der Waals surface area contributed by atoms with Crippen molar-refractivity contribution in [3.05, 3.63) is 65.2 Å². The second kappa shape index (κ2) is 7.49. The van der Waals surface area contributed by atoms with Gasteiger partial charge in [-0.3, -0.25) is 9.59 Å². The van der Waals surface area contributed by atoms with Crippen LogP contribution < -0.4 is 10.2 Å². The highest BCUT2D eigenvalue weighted by atomic mass is 16.5. The van der Waals surface area contributed by atoms with Gasteiger partial charge >= 0.3 is 0 Å². The van der Waals surface area contributed by atoms with Crippen molar-refractivity contribution in [1.29, 1.82) is 0 Å². The Balaban J connectivity index is 1.63. The van der Waals surface area contributed by atoms with Gasteiger partial charge in [-0.2, -0.15) is 0 Å². The molecule has 0 aliphatic carbocycles. The summed E-state index contributed by atoms with van der Waals surface area (Å²) >= 11 is 0. The smallest absolute Gasteiger partial charge is 0.253 e. The van der Waals surface area contributed by atoms with Gasteiger partial charge in [0.05, 0.1) is 12.6 Å². The maximum Gasteiger partial charge on any atom is 0.253 e. The number of rotatable bonds is 4. The average molecular weight is 338 g/mol. The largest absolute Gasteiger partial charge is 0.365 e. The van der Waals surface area contributed by atoms with Crippen LogP contribution in [0, 0.1) is 13.8 Å². The summed E-state index contributed by atoms with van der Waals surface area (Å²) in [7, 11) is 0. The monoisotopic (exact) mass is 338 g/mol. The standard InChI is InChI=1S/C20H22N2O3/c1-14-8-9-17(10-15(14)2)22-12-18(25-13-19(22)23)11-21-20(24)16-6-4-3-5-7-16/h3-10,18H,11-13H2,1-2H3,(H,21,24). The number of hydrogen-bond acceptors (Lipinski definition) is 3. The van der Waals surface area contributed by atoms with Gasteiger partial charge < -0.3 is 15.0 Å². The highest BCUT2D eigenvalue weighted by Gasteiger charge is 2.27. The van der Waals surface area contributed by atoms with E-state index >= 15 is 0 Å². The van der Waals surface area contributed by atoms with E-state index in [4.69, 9.17) is 4.74 Å². The number of carbonyl (C=O) groups is 2. The number of morpholine rings is 1. The minimum Gasteiger partial charge on any atom is -0.365 e. The molecule has 1 saturated heterocycles. The van der Waals surface area contributed by atoms with Gasteiger partial charge in [-0.05, 0) is 49.2 Å². The van der Waals surface area contributed by atoms with Crippen LogP contribution in [0.2, 0.25) is 0 Å². The van der Waals surface area contributed by atoms with Crippen LogP contribution in [-0.4, -0.2) is 37.6 Å². The molecular weight excluding hydrogens is 316 g/mol. The molecule has 2 amide bonds. The number of benzene rings is 2. The van der Waals surface area contributed by atoms with E-state index in [9.17, 15) is 9.59 Å². The normalized spacial score (nSPS) is 17.4. The predicted molar refractivity (Wildman–Crippen MR) is 96.8 cm³/mol. The van der Waals surface area contributed by atoms with Crippen LogP contribution in [-0.2, 0) is 9.53 Å². The Labute approximate surface area is 147 Å². The van der Waals surface area contributed by atoms with Crippen LogP contribution in [0.15, 0.2) is 48.5 Å². The molecule has 1 N–H and O–H groups in total. The molecule has 1 aliphatic rings.